The van der Waals surface area contributed by atoms with Crippen LogP contribution in [0, 0.1) is 5.92 Å². The molecule has 1 heterocycles. The number of rotatable bonds is 3. The minimum atomic E-state index is 0.564. The number of benzene rings is 1. The number of hydrogen-bond donors (Lipinski definition) is 1. The summed E-state index contributed by atoms with van der Waals surface area (Å²) in [6.07, 6.45) is 1.07. The van der Waals surface area contributed by atoms with Gasteiger partial charge in [-0.25, -0.2) is 0 Å². The largest absolute Gasteiger partial charge is 0.492 e. The maximum atomic E-state index is 5.76. The third kappa shape index (κ3) is 2.00. The molecule has 0 aromatic heterocycles. The zero-order valence-corrected chi connectivity index (χ0v) is 10.1. The summed E-state index contributed by atoms with van der Waals surface area (Å²) >= 11 is 0. The van der Waals surface area contributed by atoms with E-state index in [1.807, 2.05) is 13.0 Å². The van der Waals surface area contributed by atoms with Gasteiger partial charge in [-0.2, -0.15) is 0 Å². The molecule has 1 aliphatic rings. The normalized spacial score (nSPS) is 19.4. The summed E-state index contributed by atoms with van der Waals surface area (Å²) in [6.45, 7) is 4.51. The molecular formula is C13H20N2O. The van der Waals surface area contributed by atoms with Crippen LogP contribution in [0.25, 0.3) is 0 Å². The zero-order chi connectivity index (χ0) is 11.5. The van der Waals surface area contributed by atoms with Crippen LogP contribution in [-0.2, 0) is 6.42 Å². The number of nitrogens with zero attached hydrogens (tertiary/aromatic N) is 1. The van der Waals surface area contributed by atoms with Crippen molar-refractivity contribution in [1.82, 2.24) is 0 Å². The van der Waals surface area contributed by atoms with Crippen LogP contribution in [0.1, 0.15) is 12.5 Å². The van der Waals surface area contributed by atoms with Crippen LogP contribution in [0.3, 0.4) is 0 Å². The molecule has 3 nitrogen and oxygen atoms in total. The topological polar surface area (TPSA) is 38.5 Å². The molecule has 0 fully saturated rings. The minimum absolute atomic E-state index is 0.564. The average molecular weight is 220 g/mol. The van der Waals surface area contributed by atoms with Gasteiger partial charge in [0.1, 0.15) is 5.75 Å². The fourth-order valence-corrected chi connectivity index (χ4v) is 2.45. The van der Waals surface area contributed by atoms with Crippen LogP contribution in [0.5, 0.6) is 5.75 Å². The van der Waals surface area contributed by atoms with E-state index in [1.54, 1.807) is 0 Å². The SMILES string of the molecule is CCOc1cccc2c1N(C)CC(CN)C2. The summed E-state index contributed by atoms with van der Waals surface area (Å²) in [5, 5.41) is 0. The Balaban J connectivity index is 2.35. The first-order chi connectivity index (χ1) is 7.76. The van der Waals surface area contributed by atoms with Crippen molar-refractivity contribution in [3.63, 3.8) is 0 Å². The lowest BCUT2D eigenvalue weighted by molar-refractivity contribution is 0.338. The molecule has 0 amide bonds. The van der Waals surface area contributed by atoms with Crippen LogP contribution in [0.15, 0.2) is 18.2 Å². The van der Waals surface area contributed by atoms with Gasteiger partial charge < -0.3 is 15.4 Å². The number of para-hydroxylation sites is 1. The van der Waals surface area contributed by atoms with Crippen molar-refractivity contribution in [2.24, 2.45) is 11.7 Å². The quantitative estimate of drug-likeness (QED) is 0.842. The van der Waals surface area contributed by atoms with Gasteiger partial charge in [-0.1, -0.05) is 12.1 Å². The highest BCUT2D eigenvalue weighted by Gasteiger charge is 2.23. The molecule has 1 aromatic rings. The van der Waals surface area contributed by atoms with Crippen molar-refractivity contribution >= 4 is 5.69 Å². The first-order valence-corrected chi connectivity index (χ1v) is 5.92. The second-order valence-corrected chi connectivity index (χ2v) is 4.38. The molecular weight excluding hydrogens is 200 g/mol. The second kappa shape index (κ2) is 4.74. The number of hydrogen-bond acceptors (Lipinski definition) is 3. The Morgan fingerprint density at radius 1 is 1.50 bits per heavy atom. The molecule has 1 atom stereocenters. The summed E-state index contributed by atoms with van der Waals surface area (Å²) in [7, 11) is 2.11. The van der Waals surface area contributed by atoms with Crippen LogP contribution in [-0.4, -0.2) is 26.7 Å². The molecule has 0 saturated heterocycles. The molecule has 2 rings (SSSR count). The van der Waals surface area contributed by atoms with E-state index >= 15 is 0 Å². The Bertz CT molecular complexity index is 365. The standard InChI is InChI=1S/C13H20N2O/c1-3-16-12-6-4-5-11-7-10(8-14)9-15(2)13(11)12/h4-6,10H,3,7-9,14H2,1-2H3. The van der Waals surface area contributed by atoms with Gasteiger partial charge in [-0.15, -0.1) is 0 Å². The Hall–Kier alpha value is -1.22. The van der Waals surface area contributed by atoms with Crippen molar-refractivity contribution in [1.29, 1.82) is 0 Å². The van der Waals surface area contributed by atoms with E-state index in [2.05, 4.69) is 24.1 Å². The van der Waals surface area contributed by atoms with Crippen molar-refractivity contribution in [3.8, 4) is 5.75 Å². The summed E-state index contributed by atoms with van der Waals surface area (Å²) in [5.74, 6) is 1.56. The van der Waals surface area contributed by atoms with E-state index in [0.717, 1.165) is 25.3 Å². The van der Waals surface area contributed by atoms with Gasteiger partial charge in [0.05, 0.1) is 12.3 Å². The van der Waals surface area contributed by atoms with Crippen LogP contribution < -0.4 is 15.4 Å². The van der Waals surface area contributed by atoms with Gasteiger partial charge >= 0.3 is 0 Å². The molecule has 0 saturated carbocycles. The Morgan fingerprint density at radius 3 is 3.00 bits per heavy atom. The van der Waals surface area contributed by atoms with E-state index in [4.69, 9.17) is 10.5 Å². The molecule has 2 N–H and O–H groups in total. The minimum Gasteiger partial charge on any atom is -0.492 e. The maximum Gasteiger partial charge on any atom is 0.142 e. The average Bonchev–Trinajstić information content (AvgIpc) is 2.29. The van der Waals surface area contributed by atoms with Gasteiger partial charge in [0, 0.05) is 13.6 Å². The van der Waals surface area contributed by atoms with Crippen molar-refractivity contribution in [2.45, 2.75) is 13.3 Å². The highest BCUT2D eigenvalue weighted by atomic mass is 16.5. The van der Waals surface area contributed by atoms with E-state index in [0.29, 0.717) is 12.5 Å². The van der Waals surface area contributed by atoms with Gasteiger partial charge in [0.2, 0.25) is 0 Å². The third-order valence-corrected chi connectivity index (χ3v) is 3.14. The molecule has 88 valence electrons. The van der Waals surface area contributed by atoms with E-state index in [1.165, 1.54) is 11.3 Å². The highest BCUT2D eigenvalue weighted by Crippen LogP contribution is 2.36. The zero-order valence-electron chi connectivity index (χ0n) is 10.1. The summed E-state index contributed by atoms with van der Waals surface area (Å²) < 4.78 is 5.67. The molecule has 1 unspecified atom stereocenters. The first kappa shape index (κ1) is 11.3. The molecule has 0 aliphatic carbocycles. The third-order valence-electron chi connectivity index (χ3n) is 3.14. The number of ether oxygens (including phenoxy) is 1. The monoisotopic (exact) mass is 220 g/mol. The molecule has 1 aliphatic heterocycles. The van der Waals surface area contributed by atoms with Gasteiger partial charge in [0.25, 0.3) is 0 Å². The lowest BCUT2D eigenvalue weighted by Gasteiger charge is -2.34. The molecule has 0 spiro atoms. The van der Waals surface area contributed by atoms with Gasteiger partial charge in [0.15, 0.2) is 0 Å². The molecule has 0 bridgehead atoms. The predicted octanol–water partition coefficient (Wildman–Crippen LogP) is 1.65. The van der Waals surface area contributed by atoms with Crippen molar-refractivity contribution < 1.29 is 4.74 Å². The Morgan fingerprint density at radius 2 is 2.31 bits per heavy atom. The fraction of sp³-hybridized carbons (Fsp3) is 0.538. The van der Waals surface area contributed by atoms with Crippen LogP contribution >= 0.6 is 0 Å². The summed E-state index contributed by atoms with van der Waals surface area (Å²) in [6, 6.07) is 6.29. The van der Waals surface area contributed by atoms with Gasteiger partial charge in [-0.3, -0.25) is 0 Å². The Kier molecular flexibility index (Phi) is 3.34. The summed E-state index contributed by atoms with van der Waals surface area (Å²) in [5.41, 5.74) is 8.36. The molecule has 16 heavy (non-hydrogen) atoms. The molecule has 1 aromatic carbocycles. The Labute approximate surface area is 97.2 Å². The van der Waals surface area contributed by atoms with E-state index in [-0.39, 0.29) is 0 Å². The number of anilines is 1. The number of nitrogens with two attached hydrogens (primary N) is 1. The lowest BCUT2D eigenvalue weighted by Crippen LogP contribution is -2.36. The molecule has 0 radical (unpaired) electrons. The van der Waals surface area contributed by atoms with E-state index < -0.39 is 0 Å². The lowest BCUT2D eigenvalue weighted by atomic mass is 9.92. The maximum absolute atomic E-state index is 5.76. The van der Waals surface area contributed by atoms with Crippen molar-refractivity contribution in [3.05, 3.63) is 23.8 Å². The van der Waals surface area contributed by atoms with Crippen molar-refractivity contribution in [2.75, 3.05) is 31.6 Å². The van der Waals surface area contributed by atoms with Crippen LogP contribution in [0.2, 0.25) is 0 Å². The highest BCUT2D eigenvalue weighted by molar-refractivity contribution is 5.65. The summed E-state index contributed by atoms with van der Waals surface area (Å²) in [4.78, 5) is 2.27. The van der Waals surface area contributed by atoms with E-state index in [9.17, 15) is 0 Å². The second-order valence-electron chi connectivity index (χ2n) is 4.38. The first-order valence-electron chi connectivity index (χ1n) is 5.92. The fourth-order valence-electron chi connectivity index (χ4n) is 2.45. The molecule has 3 heteroatoms. The van der Waals surface area contributed by atoms with Crippen LogP contribution in [0.4, 0.5) is 5.69 Å². The predicted molar refractivity (Wildman–Crippen MR) is 67.1 cm³/mol. The smallest absolute Gasteiger partial charge is 0.142 e. The van der Waals surface area contributed by atoms with Gasteiger partial charge in [-0.05, 0) is 37.4 Å². The number of fused-ring (bicyclic) bond motifs is 1.